The van der Waals surface area contributed by atoms with Gasteiger partial charge in [-0.1, -0.05) is 12.1 Å². The van der Waals surface area contributed by atoms with Crippen molar-refractivity contribution in [1.82, 2.24) is 15.6 Å². The van der Waals surface area contributed by atoms with Gasteiger partial charge in [0.15, 0.2) is 11.6 Å². The number of aromatic nitrogens is 1. The molecule has 1 aromatic heterocycles. The van der Waals surface area contributed by atoms with Crippen LogP contribution in [0.5, 0.6) is 0 Å². The topological polar surface area (TPSA) is 75.5 Å². The molecule has 1 aliphatic rings. The summed E-state index contributed by atoms with van der Waals surface area (Å²) in [6.07, 6.45) is -2.72. The van der Waals surface area contributed by atoms with Crippen LogP contribution < -0.4 is 15.5 Å². The molecule has 0 spiro atoms. The SMILES string of the molecule is O=C(C[NH+]1CCC[C@@H]1c1nc2ccccc2s1)NC(=O)NCC(F)(F)F. The number of carbonyl (C=O) groups excluding carboxylic acids is 2. The van der Waals surface area contributed by atoms with Gasteiger partial charge in [0.1, 0.15) is 12.6 Å². The average Bonchev–Trinajstić information content (AvgIpc) is 3.18. The normalized spacial score (nSPS) is 20.3. The number of amides is 3. The second kappa shape index (κ2) is 7.58. The first-order valence-corrected chi connectivity index (χ1v) is 8.98. The number of halogens is 3. The van der Waals surface area contributed by atoms with Gasteiger partial charge in [-0.25, -0.2) is 9.78 Å². The third-order valence-electron chi connectivity index (χ3n) is 4.18. The van der Waals surface area contributed by atoms with Gasteiger partial charge in [0.25, 0.3) is 5.91 Å². The standard InChI is InChI=1S/C16H17F3N4O2S/c17-16(18,19)9-20-15(25)22-13(24)8-23-7-3-5-11(23)14-21-10-4-1-2-6-12(10)26-14/h1-2,4,6,11H,3,5,7-9H2,(H2,20,22,24,25)/p+1/t11-/m1/s1. The molecule has 1 aromatic carbocycles. The molecule has 0 bridgehead atoms. The summed E-state index contributed by atoms with van der Waals surface area (Å²) in [5, 5.41) is 4.51. The summed E-state index contributed by atoms with van der Waals surface area (Å²) in [5.74, 6) is -0.604. The van der Waals surface area contributed by atoms with Crippen molar-refractivity contribution in [1.29, 1.82) is 0 Å². The Morgan fingerprint density at radius 1 is 1.31 bits per heavy atom. The van der Waals surface area contributed by atoms with Gasteiger partial charge in [0, 0.05) is 12.8 Å². The number of rotatable bonds is 4. The molecule has 3 amide bonds. The van der Waals surface area contributed by atoms with E-state index >= 15 is 0 Å². The van der Waals surface area contributed by atoms with E-state index < -0.39 is 24.7 Å². The summed E-state index contributed by atoms with van der Waals surface area (Å²) in [6, 6.07) is 6.69. The highest BCUT2D eigenvalue weighted by molar-refractivity contribution is 7.18. The zero-order valence-electron chi connectivity index (χ0n) is 13.7. The molecule has 2 aromatic rings. The highest BCUT2D eigenvalue weighted by atomic mass is 32.1. The first-order chi connectivity index (χ1) is 12.3. The summed E-state index contributed by atoms with van der Waals surface area (Å²) in [7, 11) is 0. The van der Waals surface area contributed by atoms with Crippen LogP contribution in [0.3, 0.4) is 0 Å². The van der Waals surface area contributed by atoms with Gasteiger partial charge >= 0.3 is 12.2 Å². The predicted octanol–water partition coefficient (Wildman–Crippen LogP) is 1.40. The van der Waals surface area contributed by atoms with Crippen LogP contribution in [0.25, 0.3) is 10.2 Å². The summed E-state index contributed by atoms with van der Waals surface area (Å²) in [6.45, 7) is -0.713. The molecule has 6 nitrogen and oxygen atoms in total. The van der Waals surface area contributed by atoms with E-state index in [1.54, 1.807) is 16.7 Å². The van der Waals surface area contributed by atoms with Crippen molar-refractivity contribution in [2.24, 2.45) is 0 Å². The number of imide groups is 1. The number of likely N-dealkylation sites (tertiary alicyclic amines) is 1. The summed E-state index contributed by atoms with van der Waals surface area (Å²) in [4.78, 5) is 29.0. The van der Waals surface area contributed by atoms with Crippen LogP contribution in [-0.2, 0) is 4.79 Å². The second-order valence-corrected chi connectivity index (χ2v) is 7.21. The lowest BCUT2D eigenvalue weighted by molar-refractivity contribution is -0.910. The van der Waals surface area contributed by atoms with Crippen molar-refractivity contribution in [3.8, 4) is 0 Å². The van der Waals surface area contributed by atoms with Crippen LogP contribution in [-0.4, -0.2) is 42.7 Å². The summed E-state index contributed by atoms with van der Waals surface area (Å²) >= 11 is 1.58. The van der Waals surface area contributed by atoms with Gasteiger partial charge in [-0.05, 0) is 12.1 Å². The molecular formula is C16H18F3N4O2S+. The molecule has 0 radical (unpaired) electrons. The molecule has 2 atom stereocenters. The number of thiazole rings is 1. The Balaban J connectivity index is 1.58. The number of para-hydroxylation sites is 1. The van der Waals surface area contributed by atoms with E-state index in [-0.39, 0.29) is 12.6 Å². The molecule has 140 valence electrons. The Morgan fingerprint density at radius 2 is 2.08 bits per heavy atom. The van der Waals surface area contributed by atoms with Crippen molar-refractivity contribution < 1.29 is 27.7 Å². The second-order valence-electron chi connectivity index (χ2n) is 6.15. The van der Waals surface area contributed by atoms with Gasteiger partial charge in [-0.15, -0.1) is 11.3 Å². The summed E-state index contributed by atoms with van der Waals surface area (Å²) < 4.78 is 37.3. The van der Waals surface area contributed by atoms with Gasteiger partial charge in [-0.2, -0.15) is 13.2 Å². The number of urea groups is 1. The molecule has 3 rings (SSSR count). The van der Waals surface area contributed by atoms with E-state index in [1.807, 2.05) is 29.6 Å². The number of hydrogen-bond donors (Lipinski definition) is 3. The molecule has 0 aliphatic carbocycles. The third kappa shape index (κ3) is 4.70. The lowest BCUT2D eigenvalue weighted by Crippen LogP contribution is -3.11. The number of benzene rings is 1. The van der Waals surface area contributed by atoms with Crippen molar-refractivity contribution in [3.05, 3.63) is 29.3 Å². The largest absolute Gasteiger partial charge is 0.405 e. The first-order valence-electron chi connectivity index (χ1n) is 8.16. The zero-order chi connectivity index (χ0) is 18.7. The molecule has 3 N–H and O–H groups in total. The molecule has 1 saturated heterocycles. The van der Waals surface area contributed by atoms with Crippen LogP contribution in [0.1, 0.15) is 23.9 Å². The highest BCUT2D eigenvalue weighted by Crippen LogP contribution is 2.28. The maximum atomic E-state index is 12.1. The number of hydrogen-bond acceptors (Lipinski definition) is 4. The predicted molar refractivity (Wildman–Crippen MR) is 89.9 cm³/mol. The fourth-order valence-electron chi connectivity index (χ4n) is 3.06. The summed E-state index contributed by atoms with van der Waals surface area (Å²) in [5.41, 5.74) is 0.912. The van der Waals surface area contributed by atoms with Crippen molar-refractivity contribution in [2.45, 2.75) is 25.1 Å². The molecular weight excluding hydrogens is 369 g/mol. The maximum absolute atomic E-state index is 12.1. The van der Waals surface area contributed by atoms with Gasteiger partial charge in [0.05, 0.1) is 16.8 Å². The minimum absolute atomic E-state index is 0.0139. The van der Waals surface area contributed by atoms with Crippen LogP contribution >= 0.6 is 11.3 Å². The molecule has 1 aliphatic heterocycles. The number of nitrogens with zero attached hydrogens (tertiary/aromatic N) is 1. The Kier molecular flexibility index (Phi) is 5.42. The highest BCUT2D eigenvalue weighted by Gasteiger charge is 2.34. The Morgan fingerprint density at radius 3 is 2.81 bits per heavy atom. The van der Waals surface area contributed by atoms with Crippen LogP contribution in [0, 0.1) is 0 Å². The molecule has 1 fully saturated rings. The van der Waals surface area contributed by atoms with Gasteiger partial charge < -0.3 is 10.2 Å². The monoisotopic (exact) mass is 387 g/mol. The third-order valence-corrected chi connectivity index (χ3v) is 5.33. The van der Waals surface area contributed by atoms with Crippen molar-refractivity contribution >= 4 is 33.5 Å². The molecule has 0 saturated carbocycles. The van der Waals surface area contributed by atoms with E-state index in [4.69, 9.17) is 0 Å². The Labute approximate surface area is 151 Å². The smallest absolute Gasteiger partial charge is 0.329 e. The van der Waals surface area contributed by atoms with Gasteiger partial charge in [0.2, 0.25) is 0 Å². The average molecular weight is 387 g/mol. The molecule has 10 heteroatoms. The first kappa shape index (κ1) is 18.6. The minimum atomic E-state index is -4.52. The lowest BCUT2D eigenvalue weighted by Gasteiger charge is -2.19. The number of alkyl halides is 3. The van der Waals surface area contributed by atoms with E-state index in [9.17, 15) is 22.8 Å². The number of carbonyl (C=O) groups is 2. The number of fused-ring (bicyclic) bond motifs is 1. The lowest BCUT2D eigenvalue weighted by atomic mass is 10.2. The Hall–Kier alpha value is -2.20. The van der Waals surface area contributed by atoms with Crippen LogP contribution in [0.4, 0.5) is 18.0 Å². The van der Waals surface area contributed by atoms with Crippen LogP contribution in [0.2, 0.25) is 0 Å². The maximum Gasteiger partial charge on any atom is 0.405 e. The fourth-order valence-corrected chi connectivity index (χ4v) is 4.22. The zero-order valence-corrected chi connectivity index (χ0v) is 14.5. The molecule has 26 heavy (non-hydrogen) atoms. The Bertz CT molecular complexity index is 775. The molecule has 1 unspecified atom stereocenters. The van der Waals surface area contributed by atoms with E-state index in [1.165, 1.54) is 0 Å². The molecule has 2 heterocycles. The van der Waals surface area contributed by atoms with Gasteiger partial charge in [-0.3, -0.25) is 10.1 Å². The van der Waals surface area contributed by atoms with Crippen molar-refractivity contribution in [2.75, 3.05) is 19.6 Å². The minimum Gasteiger partial charge on any atom is -0.329 e. The number of quaternary nitrogens is 1. The van der Waals surface area contributed by atoms with Crippen LogP contribution in [0.15, 0.2) is 24.3 Å². The van der Waals surface area contributed by atoms with Crippen molar-refractivity contribution in [3.63, 3.8) is 0 Å². The van der Waals surface area contributed by atoms with E-state index in [0.717, 1.165) is 39.5 Å². The number of nitrogens with one attached hydrogen (secondary N) is 3. The van der Waals surface area contributed by atoms with E-state index in [0.29, 0.717) is 0 Å². The van der Waals surface area contributed by atoms with E-state index in [2.05, 4.69) is 4.98 Å². The fraction of sp³-hybridized carbons (Fsp3) is 0.438. The quantitative estimate of drug-likeness (QED) is 0.743.